The maximum absolute atomic E-state index is 12.5. The molecule has 2 aromatic rings. The van der Waals surface area contributed by atoms with Crippen LogP contribution in [-0.4, -0.2) is 50.6 Å². The number of amides is 1. The first-order valence-electron chi connectivity index (χ1n) is 10.1. The predicted molar refractivity (Wildman–Crippen MR) is 117 cm³/mol. The number of carbonyl (C=O) groups excluding carboxylic acids is 2. The van der Waals surface area contributed by atoms with Gasteiger partial charge in [0.25, 0.3) is 21.6 Å². The molecule has 0 saturated carbocycles. The van der Waals surface area contributed by atoms with Gasteiger partial charge in [0.2, 0.25) is 0 Å². The number of esters is 1. The quantitative estimate of drug-likeness (QED) is 0.317. The third-order valence-corrected chi connectivity index (χ3v) is 6.27. The Labute approximate surface area is 190 Å². The third-order valence-electron chi connectivity index (χ3n) is 4.89. The molecule has 11 nitrogen and oxygen atoms in total. The van der Waals surface area contributed by atoms with E-state index in [1.54, 1.807) is 0 Å². The van der Waals surface area contributed by atoms with Gasteiger partial charge >= 0.3 is 5.97 Å². The summed E-state index contributed by atoms with van der Waals surface area (Å²) >= 11 is 0. The van der Waals surface area contributed by atoms with Crippen LogP contribution in [-0.2, 0) is 24.3 Å². The van der Waals surface area contributed by atoms with Crippen LogP contribution in [0.25, 0.3) is 0 Å². The fraction of sp³-hybridized carbons (Fsp3) is 0.333. The van der Waals surface area contributed by atoms with Gasteiger partial charge in [0.15, 0.2) is 6.10 Å². The van der Waals surface area contributed by atoms with E-state index >= 15 is 0 Å². The third kappa shape index (κ3) is 6.49. The van der Waals surface area contributed by atoms with Crippen LogP contribution in [0.5, 0.6) is 0 Å². The molecular formula is C21H23N3O8S. The van der Waals surface area contributed by atoms with E-state index < -0.39 is 32.9 Å². The van der Waals surface area contributed by atoms with Crippen molar-refractivity contribution in [3.63, 3.8) is 0 Å². The second kappa shape index (κ2) is 10.4. The predicted octanol–water partition coefficient (Wildman–Crippen LogP) is 2.24. The van der Waals surface area contributed by atoms with Gasteiger partial charge in [0, 0.05) is 31.0 Å². The summed E-state index contributed by atoms with van der Waals surface area (Å²) in [4.78, 5) is 34.3. The lowest BCUT2D eigenvalue weighted by Crippen LogP contribution is -2.39. The highest BCUT2D eigenvalue weighted by Crippen LogP contribution is 2.21. The zero-order valence-corrected chi connectivity index (χ0v) is 18.5. The summed E-state index contributed by atoms with van der Waals surface area (Å²) in [5.41, 5.74) is -0.0997. The normalized spacial score (nSPS) is 16.6. The van der Waals surface area contributed by atoms with Crippen LogP contribution >= 0.6 is 0 Å². The topological polar surface area (TPSA) is 154 Å². The van der Waals surface area contributed by atoms with Crippen molar-refractivity contribution < 1.29 is 32.4 Å². The lowest BCUT2D eigenvalue weighted by atomic mass is 10.2. The molecule has 1 fully saturated rings. The minimum absolute atomic E-state index is 0.0322. The summed E-state index contributed by atoms with van der Waals surface area (Å²) in [7, 11) is -4.08. The van der Waals surface area contributed by atoms with Gasteiger partial charge in [-0.05, 0) is 50.1 Å². The zero-order chi connectivity index (χ0) is 24.0. The van der Waals surface area contributed by atoms with Crippen LogP contribution in [0.3, 0.4) is 0 Å². The van der Waals surface area contributed by atoms with Crippen LogP contribution in [0.2, 0.25) is 0 Å². The highest BCUT2D eigenvalue weighted by atomic mass is 32.2. The maximum Gasteiger partial charge on any atom is 0.338 e. The molecular weight excluding hydrogens is 454 g/mol. The molecule has 2 N–H and O–H groups in total. The van der Waals surface area contributed by atoms with Crippen molar-refractivity contribution in [2.24, 2.45) is 0 Å². The average molecular weight is 477 g/mol. The Bertz CT molecular complexity index is 1130. The molecule has 0 aliphatic carbocycles. The van der Waals surface area contributed by atoms with Gasteiger partial charge in [0.1, 0.15) is 0 Å². The largest absolute Gasteiger partial charge is 0.449 e. The molecule has 1 aliphatic rings. The maximum atomic E-state index is 12.5. The summed E-state index contributed by atoms with van der Waals surface area (Å²) in [5, 5.41) is 13.6. The van der Waals surface area contributed by atoms with Crippen molar-refractivity contribution in [3.8, 4) is 0 Å². The number of sulfonamides is 1. The minimum atomic E-state index is -4.08. The Morgan fingerprint density at radius 2 is 1.97 bits per heavy atom. The van der Waals surface area contributed by atoms with Gasteiger partial charge in [0.05, 0.1) is 21.5 Å². The molecule has 12 heteroatoms. The molecule has 0 unspecified atom stereocenters. The molecule has 0 aromatic heterocycles. The molecule has 1 heterocycles. The average Bonchev–Trinajstić information content (AvgIpc) is 3.31. The minimum Gasteiger partial charge on any atom is -0.449 e. The van der Waals surface area contributed by atoms with Crippen LogP contribution in [0.4, 0.5) is 11.4 Å². The number of nitrogens with one attached hydrogen (secondary N) is 2. The van der Waals surface area contributed by atoms with Crippen molar-refractivity contribution in [2.75, 3.05) is 17.9 Å². The number of benzene rings is 2. The molecule has 1 amide bonds. The highest BCUT2D eigenvalue weighted by Gasteiger charge is 2.22. The van der Waals surface area contributed by atoms with Crippen LogP contribution in [0, 0.1) is 10.1 Å². The molecule has 1 saturated heterocycles. The fourth-order valence-corrected chi connectivity index (χ4v) is 4.20. The van der Waals surface area contributed by atoms with Crippen molar-refractivity contribution in [1.29, 1.82) is 0 Å². The van der Waals surface area contributed by atoms with Gasteiger partial charge in [-0.3, -0.25) is 19.6 Å². The Morgan fingerprint density at radius 1 is 1.24 bits per heavy atom. The fourth-order valence-electron chi connectivity index (χ4n) is 3.10. The molecule has 1 aliphatic heterocycles. The van der Waals surface area contributed by atoms with Crippen LogP contribution < -0.4 is 10.0 Å². The van der Waals surface area contributed by atoms with Gasteiger partial charge in [-0.25, -0.2) is 13.2 Å². The molecule has 176 valence electrons. The number of hydrogen-bond donors (Lipinski definition) is 2. The van der Waals surface area contributed by atoms with E-state index in [0.29, 0.717) is 13.2 Å². The number of nitro benzene ring substituents is 1. The Hall–Kier alpha value is -3.51. The summed E-state index contributed by atoms with van der Waals surface area (Å²) in [6.45, 7) is 2.47. The lowest BCUT2D eigenvalue weighted by molar-refractivity contribution is -0.385. The first-order valence-corrected chi connectivity index (χ1v) is 11.6. The van der Waals surface area contributed by atoms with Crippen molar-refractivity contribution in [2.45, 2.75) is 36.9 Å². The van der Waals surface area contributed by atoms with Gasteiger partial charge in [-0.1, -0.05) is 6.07 Å². The number of nitro groups is 1. The Morgan fingerprint density at radius 3 is 2.61 bits per heavy atom. The van der Waals surface area contributed by atoms with Crippen molar-refractivity contribution in [1.82, 2.24) is 5.32 Å². The molecule has 0 bridgehead atoms. The highest BCUT2D eigenvalue weighted by molar-refractivity contribution is 7.92. The van der Waals surface area contributed by atoms with Gasteiger partial charge in [-0.15, -0.1) is 0 Å². The molecule has 0 spiro atoms. The van der Waals surface area contributed by atoms with Crippen LogP contribution in [0.15, 0.2) is 53.4 Å². The number of nitrogens with zero attached hydrogens (tertiary/aromatic N) is 1. The molecule has 2 aromatic carbocycles. The lowest BCUT2D eigenvalue weighted by Gasteiger charge is -2.16. The second-order valence-electron chi connectivity index (χ2n) is 7.37. The van der Waals surface area contributed by atoms with Gasteiger partial charge in [-0.2, -0.15) is 0 Å². The van der Waals surface area contributed by atoms with Crippen molar-refractivity contribution >= 4 is 33.3 Å². The van der Waals surface area contributed by atoms with Gasteiger partial charge < -0.3 is 14.8 Å². The van der Waals surface area contributed by atoms with E-state index in [4.69, 9.17) is 9.47 Å². The SMILES string of the molecule is C[C@@H](OC(=O)c1ccc(NS(=O)(=O)c2cccc([N+](=O)[O-])c2)cc1)C(=O)NC[C@@H]1CCCO1. The smallest absolute Gasteiger partial charge is 0.338 e. The first-order chi connectivity index (χ1) is 15.7. The number of anilines is 1. The van der Waals surface area contributed by atoms with E-state index in [2.05, 4.69) is 10.0 Å². The second-order valence-corrected chi connectivity index (χ2v) is 9.05. The van der Waals surface area contributed by atoms with E-state index in [9.17, 15) is 28.1 Å². The first kappa shape index (κ1) is 24.1. The molecule has 0 radical (unpaired) electrons. The summed E-state index contributed by atoms with van der Waals surface area (Å²) in [6.07, 6.45) is 0.759. The number of carbonyl (C=O) groups is 2. The monoisotopic (exact) mass is 477 g/mol. The molecule has 2 atom stereocenters. The summed E-state index contributed by atoms with van der Waals surface area (Å²) in [6, 6.07) is 9.98. The number of ether oxygens (including phenoxy) is 2. The van der Waals surface area contributed by atoms with Crippen LogP contribution in [0.1, 0.15) is 30.1 Å². The molecule has 3 rings (SSSR count). The Balaban J connectivity index is 1.57. The number of hydrogen-bond acceptors (Lipinski definition) is 8. The number of non-ortho nitro benzene ring substituents is 1. The summed E-state index contributed by atoms with van der Waals surface area (Å²) in [5.74, 6) is -1.19. The standard InChI is InChI=1S/C21H23N3O8S/c1-14(20(25)22-13-18-5-3-11-31-18)32-21(26)15-7-9-16(10-8-15)23-33(29,30)19-6-2-4-17(12-19)24(27)28/h2,4,6-10,12,14,18,23H,3,5,11,13H2,1H3,(H,22,25)/t14-,18+/m1/s1. The molecule has 33 heavy (non-hydrogen) atoms. The van der Waals surface area contributed by atoms with E-state index in [-0.39, 0.29) is 27.9 Å². The van der Waals surface area contributed by atoms with E-state index in [1.165, 1.54) is 49.4 Å². The number of rotatable bonds is 9. The zero-order valence-electron chi connectivity index (χ0n) is 17.7. The van der Waals surface area contributed by atoms with E-state index in [0.717, 1.165) is 18.9 Å². The Kier molecular flexibility index (Phi) is 7.61. The van der Waals surface area contributed by atoms with E-state index in [1.807, 2.05) is 0 Å². The van der Waals surface area contributed by atoms with Crippen molar-refractivity contribution in [3.05, 3.63) is 64.2 Å². The summed E-state index contributed by atoms with van der Waals surface area (Å²) < 4.78 is 37.9.